The fourth-order valence-corrected chi connectivity index (χ4v) is 5.19. The van der Waals surface area contributed by atoms with E-state index in [4.69, 9.17) is 0 Å². The monoisotopic (exact) mass is 638 g/mol. The van der Waals surface area contributed by atoms with Crippen LogP contribution in [0.15, 0.2) is 0 Å². The maximum atomic E-state index is 13.6. The smallest absolute Gasteiger partial charge is 0.245 e. The van der Waals surface area contributed by atoms with Gasteiger partial charge in [-0.15, -0.1) is 0 Å². The van der Waals surface area contributed by atoms with E-state index in [0.717, 1.165) is 6.29 Å². The number of aldehydes is 1. The van der Waals surface area contributed by atoms with Crippen LogP contribution >= 0.6 is 0 Å². The number of nitrogens with zero attached hydrogens (tertiary/aromatic N) is 2. The van der Waals surface area contributed by atoms with Crippen molar-refractivity contribution in [2.75, 3.05) is 27.7 Å². The molecule has 0 fully saturated rings. The minimum Gasteiger partial charge on any atom is -0.343 e. The normalized spacial score (nSPS) is 15.7. The first-order valence-corrected chi connectivity index (χ1v) is 16.3. The van der Waals surface area contributed by atoms with E-state index in [1.807, 2.05) is 55.4 Å². The lowest BCUT2D eigenvalue weighted by atomic mass is 9.97. The van der Waals surface area contributed by atoms with Gasteiger partial charge < -0.3 is 30.5 Å². The molecule has 0 aliphatic rings. The number of rotatable bonds is 21. The number of carbonyl (C=O) groups is 6. The molecule has 0 aromatic heterocycles. The van der Waals surface area contributed by atoms with Gasteiger partial charge in [0.15, 0.2) is 5.78 Å². The summed E-state index contributed by atoms with van der Waals surface area (Å²) in [6.45, 7) is 18.5. The summed E-state index contributed by atoms with van der Waals surface area (Å²) in [5.74, 6) is -1.35. The van der Waals surface area contributed by atoms with Gasteiger partial charge in [0, 0.05) is 14.1 Å². The van der Waals surface area contributed by atoms with Gasteiger partial charge in [-0.05, 0) is 63.8 Å². The second-order valence-electron chi connectivity index (χ2n) is 13.9. The lowest BCUT2D eigenvalue weighted by molar-refractivity contribution is -0.142. The number of nitrogens with one attached hydrogen (secondary N) is 4. The standard InChI is InChI=1S/C33H62N6O6/c1-19(2)14-25(34-11)31(43)36-23(9)30(42)37-24(10)32(44)38(12)27(16-21(5)6)29(41)17-35-26(15-20(3)4)33(45)39(13)28(18-40)22(7)8/h18-28,34-35H,14-17H2,1-13H3,(H,36,43)(H,37,42)/t23-,24+,25-,26-,27-,28+/m0/s1. The maximum absolute atomic E-state index is 13.6. The van der Waals surface area contributed by atoms with Crippen LogP contribution in [-0.2, 0) is 28.8 Å². The number of Topliss-reactive ketones (excluding diaryl/α,β-unsaturated/α-hetero) is 1. The molecule has 0 heterocycles. The molecule has 0 aromatic rings. The Kier molecular flexibility index (Phi) is 19.0. The molecule has 0 aliphatic heterocycles. The fourth-order valence-electron chi connectivity index (χ4n) is 5.19. The number of likely N-dealkylation sites (N-methyl/N-ethyl adjacent to an activating group) is 3. The predicted molar refractivity (Wildman–Crippen MR) is 177 cm³/mol. The molecule has 4 amide bonds. The summed E-state index contributed by atoms with van der Waals surface area (Å²) in [5.41, 5.74) is 0. The van der Waals surface area contributed by atoms with E-state index < -0.39 is 48.1 Å². The van der Waals surface area contributed by atoms with Crippen LogP contribution < -0.4 is 21.3 Å². The highest BCUT2D eigenvalue weighted by atomic mass is 16.2. The molecule has 0 aromatic carbocycles. The van der Waals surface area contributed by atoms with Crippen LogP contribution in [-0.4, -0.2) is 109 Å². The number of ketones is 1. The summed E-state index contributed by atoms with van der Waals surface area (Å²) >= 11 is 0. The third-order valence-electron chi connectivity index (χ3n) is 7.88. The molecule has 0 rings (SSSR count). The molecular weight excluding hydrogens is 576 g/mol. The van der Waals surface area contributed by atoms with E-state index in [2.05, 4.69) is 21.3 Å². The van der Waals surface area contributed by atoms with Gasteiger partial charge >= 0.3 is 0 Å². The molecular formula is C33H62N6O6. The van der Waals surface area contributed by atoms with E-state index in [1.165, 1.54) is 16.8 Å². The largest absolute Gasteiger partial charge is 0.343 e. The zero-order chi connectivity index (χ0) is 35.2. The average molecular weight is 639 g/mol. The van der Waals surface area contributed by atoms with E-state index in [-0.39, 0.29) is 47.8 Å². The molecule has 0 spiro atoms. The molecule has 12 heteroatoms. The molecule has 0 saturated carbocycles. The minimum atomic E-state index is -0.951. The van der Waals surface area contributed by atoms with Gasteiger partial charge in [0.2, 0.25) is 23.6 Å². The molecule has 0 unspecified atom stereocenters. The third kappa shape index (κ3) is 14.4. The van der Waals surface area contributed by atoms with Crippen molar-refractivity contribution in [2.45, 2.75) is 125 Å². The van der Waals surface area contributed by atoms with Gasteiger partial charge in [-0.3, -0.25) is 29.3 Å². The highest BCUT2D eigenvalue weighted by Gasteiger charge is 2.34. The zero-order valence-corrected chi connectivity index (χ0v) is 30.0. The lowest BCUT2D eigenvalue weighted by Crippen LogP contribution is -2.57. The Morgan fingerprint density at radius 3 is 1.58 bits per heavy atom. The number of amides is 4. The van der Waals surface area contributed by atoms with Gasteiger partial charge in [-0.1, -0.05) is 55.4 Å². The molecule has 0 aliphatic carbocycles. The van der Waals surface area contributed by atoms with Gasteiger partial charge in [-0.25, -0.2) is 0 Å². The summed E-state index contributed by atoms with van der Waals surface area (Å²) in [7, 11) is 4.82. The average Bonchev–Trinajstić information content (AvgIpc) is 2.94. The molecule has 45 heavy (non-hydrogen) atoms. The van der Waals surface area contributed by atoms with Crippen LogP contribution in [0.5, 0.6) is 0 Å². The SMILES string of the molecule is CN[C@@H](CC(C)C)C(=O)N[C@@H](C)C(=O)N[C@H](C)C(=O)N(C)[C@@H](CC(C)C)C(=O)CN[C@@H](CC(C)C)C(=O)N(C)[C@H](C=O)C(C)C. The Bertz CT molecular complexity index is 985. The Morgan fingerprint density at radius 1 is 0.644 bits per heavy atom. The quantitative estimate of drug-likeness (QED) is 0.139. The molecule has 0 radical (unpaired) electrons. The highest BCUT2D eigenvalue weighted by Crippen LogP contribution is 2.15. The van der Waals surface area contributed by atoms with Crippen molar-refractivity contribution in [1.82, 2.24) is 31.1 Å². The van der Waals surface area contributed by atoms with Crippen molar-refractivity contribution >= 4 is 35.7 Å². The van der Waals surface area contributed by atoms with Crippen molar-refractivity contribution in [2.24, 2.45) is 23.7 Å². The Morgan fingerprint density at radius 2 is 1.13 bits per heavy atom. The van der Waals surface area contributed by atoms with Gasteiger partial charge in [0.25, 0.3) is 0 Å². The first-order valence-electron chi connectivity index (χ1n) is 16.3. The maximum Gasteiger partial charge on any atom is 0.245 e. The van der Waals surface area contributed by atoms with Crippen molar-refractivity contribution in [3.63, 3.8) is 0 Å². The van der Waals surface area contributed by atoms with Crippen molar-refractivity contribution in [3.05, 3.63) is 0 Å². The van der Waals surface area contributed by atoms with Crippen LogP contribution in [0.1, 0.15) is 88.5 Å². The minimum absolute atomic E-state index is 0.0651. The van der Waals surface area contributed by atoms with Crippen LogP contribution in [0.25, 0.3) is 0 Å². The van der Waals surface area contributed by atoms with E-state index in [0.29, 0.717) is 19.3 Å². The molecule has 260 valence electrons. The summed E-state index contributed by atoms with van der Waals surface area (Å²) in [6, 6.07) is -4.33. The number of hydrogen-bond donors (Lipinski definition) is 4. The van der Waals surface area contributed by atoms with E-state index in [9.17, 15) is 28.8 Å². The summed E-state index contributed by atoms with van der Waals surface area (Å²) in [6.07, 6.45) is 2.23. The molecule has 4 N–H and O–H groups in total. The molecule has 0 saturated heterocycles. The Hall–Kier alpha value is -2.86. The van der Waals surface area contributed by atoms with Crippen LogP contribution in [0.2, 0.25) is 0 Å². The second kappa shape index (κ2) is 20.3. The van der Waals surface area contributed by atoms with Gasteiger partial charge in [-0.2, -0.15) is 0 Å². The second-order valence-corrected chi connectivity index (χ2v) is 13.9. The lowest BCUT2D eigenvalue weighted by Gasteiger charge is -2.33. The first-order chi connectivity index (χ1) is 20.8. The first kappa shape index (κ1) is 42.1. The predicted octanol–water partition coefficient (Wildman–Crippen LogP) is 1.76. The van der Waals surface area contributed by atoms with E-state index in [1.54, 1.807) is 27.9 Å². The molecule has 0 bridgehead atoms. The van der Waals surface area contributed by atoms with Crippen molar-refractivity contribution < 1.29 is 28.8 Å². The summed E-state index contributed by atoms with van der Waals surface area (Å²) in [4.78, 5) is 80.3. The highest BCUT2D eigenvalue weighted by molar-refractivity contribution is 5.95. The summed E-state index contributed by atoms with van der Waals surface area (Å²) < 4.78 is 0. The molecule has 12 nitrogen and oxygen atoms in total. The van der Waals surface area contributed by atoms with E-state index >= 15 is 0 Å². The topological polar surface area (TPSA) is 157 Å². The summed E-state index contributed by atoms with van der Waals surface area (Å²) in [5, 5.41) is 11.4. The Labute approximate surface area is 271 Å². The van der Waals surface area contributed by atoms with Crippen LogP contribution in [0.4, 0.5) is 0 Å². The number of carbonyl (C=O) groups excluding carboxylic acids is 6. The van der Waals surface area contributed by atoms with Gasteiger partial charge in [0.05, 0.1) is 30.7 Å². The van der Waals surface area contributed by atoms with Crippen LogP contribution in [0, 0.1) is 23.7 Å². The van der Waals surface area contributed by atoms with Crippen molar-refractivity contribution in [3.8, 4) is 0 Å². The van der Waals surface area contributed by atoms with Gasteiger partial charge in [0.1, 0.15) is 18.4 Å². The van der Waals surface area contributed by atoms with Crippen molar-refractivity contribution in [1.29, 1.82) is 0 Å². The number of hydrogen-bond acceptors (Lipinski definition) is 8. The van der Waals surface area contributed by atoms with Crippen LogP contribution in [0.3, 0.4) is 0 Å². The third-order valence-corrected chi connectivity index (χ3v) is 7.88. The molecule has 6 atom stereocenters. The fraction of sp³-hybridized carbons (Fsp3) is 0.818. The zero-order valence-electron chi connectivity index (χ0n) is 30.0. The Balaban J connectivity index is 5.63.